The highest BCUT2D eigenvalue weighted by Crippen LogP contribution is 2.17. The zero-order chi connectivity index (χ0) is 25.5. The van der Waals surface area contributed by atoms with Crippen LogP contribution in [0.4, 0.5) is 10.1 Å². The Kier molecular flexibility index (Phi) is 7.73. The van der Waals surface area contributed by atoms with Crippen LogP contribution >= 0.6 is 11.3 Å². The molecule has 180 valence electrons. The van der Waals surface area contributed by atoms with Crippen LogP contribution in [0.3, 0.4) is 0 Å². The molecule has 6 nitrogen and oxygen atoms in total. The first kappa shape index (κ1) is 24.6. The van der Waals surface area contributed by atoms with Crippen LogP contribution in [0.2, 0.25) is 0 Å². The molecule has 1 heterocycles. The number of anilines is 1. The Bertz CT molecular complexity index is 1620. The van der Waals surface area contributed by atoms with E-state index in [4.69, 9.17) is 4.74 Å². The second kappa shape index (κ2) is 11.3. The van der Waals surface area contributed by atoms with Gasteiger partial charge in [0.25, 0.3) is 11.5 Å². The van der Waals surface area contributed by atoms with E-state index in [0.29, 0.717) is 22.3 Å². The van der Waals surface area contributed by atoms with E-state index in [2.05, 4.69) is 5.32 Å². The van der Waals surface area contributed by atoms with E-state index in [1.54, 1.807) is 25.3 Å². The zero-order valence-electron chi connectivity index (χ0n) is 19.4. The van der Waals surface area contributed by atoms with E-state index in [9.17, 15) is 19.2 Å². The second-order valence-corrected chi connectivity index (χ2v) is 8.80. The maximum absolute atomic E-state index is 14.1. The number of benzene rings is 3. The summed E-state index contributed by atoms with van der Waals surface area (Å²) < 4.78 is 21.5. The van der Waals surface area contributed by atoms with Crippen LogP contribution < -0.4 is 24.8 Å². The molecule has 36 heavy (non-hydrogen) atoms. The van der Waals surface area contributed by atoms with Crippen molar-refractivity contribution in [2.45, 2.75) is 13.0 Å². The fraction of sp³-hybridized carbons (Fsp3) is 0.107. The molecule has 0 saturated carbocycles. The predicted octanol–water partition coefficient (Wildman–Crippen LogP) is 3.44. The fourth-order valence-corrected chi connectivity index (χ4v) is 4.78. The number of aromatic nitrogens is 1. The van der Waals surface area contributed by atoms with E-state index in [1.807, 2.05) is 54.6 Å². The number of hydrogen-bond acceptors (Lipinski definition) is 5. The Labute approximate surface area is 210 Å². The SMILES string of the molecule is COc1ccccc1/C=c1\s/c(=C(/C#N)C(=O)Nc2ccccc2F)n(CCc2ccccc2)c1=O. The highest BCUT2D eigenvalue weighted by molar-refractivity contribution is 7.07. The van der Waals surface area contributed by atoms with E-state index in [-0.39, 0.29) is 28.0 Å². The standard InChI is InChI=1S/C28H22FN3O3S/c1-35-24-14-8-5-11-20(24)17-25-27(34)32(16-15-19-9-3-2-4-10-19)28(36-25)21(18-30)26(33)31-23-13-7-6-12-22(23)29/h2-14,17H,15-16H2,1H3,(H,31,33)/b25-17-,28-21-. The van der Waals surface area contributed by atoms with Gasteiger partial charge in [0.15, 0.2) is 5.57 Å². The average molecular weight is 500 g/mol. The zero-order valence-corrected chi connectivity index (χ0v) is 20.2. The van der Waals surface area contributed by atoms with Crippen LogP contribution in [0.15, 0.2) is 83.7 Å². The van der Waals surface area contributed by atoms with Crippen molar-refractivity contribution in [3.63, 3.8) is 0 Å². The van der Waals surface area contributed by atoms with Crippen molar-refractivity contribution in [2.24, 2.45) is 0 Å². The summed E-state index contributed by atoms with van der Waals surface area (Å²) in [5.41, 5.74) is 1.04. The van der Waals surface area contributed by atoms with Gasteiger partial charge in [-0.25, -0.2) is 4.39 Å². The number of carbonyl (C=O) groups is 1. The molecule has 0 saturated heterocycles. The number of hydrogen-bond donors (Lipinski definition) is 1. The van der Waals surface area contributed by atoms with Gasteiger partial charge in [0, 0.05) is 12.1 Å². The van der Waals surface area contributed by atoms with Crippen LogP contribution in [0.5, 0.6) is 5.75 Å². The summed E-state index contributed by atoms with van der Waals surface area (Å²) in [5, 5.41) is 12.3. The normalized spacial score (nSPS) is 12.1. The fourth-order valence-electron chi connectivity index (χ4n) is 3.66. The lowest BCUT2D eigenvalue weighted by Crippen LogP contribution is -2.34. The predicted molar refractivity (Wildman–Crippen MR) is 139 cm³/mol. The molecule has 1 amide bonds. The van der Waals surface area contributed by atoms with Crippen LogP contribution in [0.25, 0.3) is 11.6 Å². The minimum absolute atomic E-state index is 0.0502. The number of para-hydroxylation sites is 2. The third kappa shape index (κ3) is 5.43. The van der Waals surface area contributed by atoms with Gasteiger partial charge in [0.05, 0.1) is 17.3 Å². The molecule has 0 aliphatic rings. The number of halogens is 1. The first-order chi connectivity index (χ1) is 17.5. The Balaban J connectivity index is 1.86. The van der Waals surface area contributed by atoms with Crippen LogP contribution in [0.1, 0.15) is 11.1 Å². The van der Waals surface area contributed by atoms with Crippen LogP contribution in [0, 0.1) is 17.1 Å². The summed E-state index contributed by atoms with van der Waals surface area (Å²) >= 11 is 1.04. The molecule has 0 fully saturated rings. The molecule has 0 aliphatic heterocycles. The lowest BCUT2D eigenvalue weighted by atomic mass is 10.1. The molecule has 4 rings (SSSR count). The number of methoxy groups -OCH3 is 1. The van der Waals surface area contributed by atoms with E-state index >= 15 is 0 Å². The number of thiazole rings is 1. The quantitative estimate of drug-likeness (QED) is 0.422. The summed E-state index contributed by atoms with van der Waals surface area (Å²) in [6.07, 6.45) is 2.20. The van der Waals surface area contributed by atoms with Gasteiger partial charge in [-0.15, -0.1) is 11.3 Å². The highest BCUT2D eigenvalue weighted by Gasteiger charge is 2.17. The molecule has 3 aromatic carbocycles. The van der Waals surface area contributed by atoms with E-state index in [0.717, 1.165) is 16.9 Å². The molecule has 8 heteroatoms. The largest absolute Gasteiger partial charge is 0.496 e. The average Bonchev–Trinajstić information content (AvgIpc) is 3.20. The van der Waals surface area contributed by atoms with E-state index < -0.39 is 11.7 Å². The number of nitriles is 1. The maximum Gasteiger partial charge on any atom is 0.269 e. The van der Waals surface area contributed by atoms with Gasteiger partial charge >= 0.3 is 0 Å². The topological polar surface area (TPSA) is 84.1 Å². The summed E-state index contributed by atoms with van der Waals surface area (Å²) in [4.78, 5) is 26.5. The maximum atomic E-state index is 14.1. The number of nitrogens with one attached hydrogen (secondary N) is 1. The van der Waals surface area contributed by atoms with Crippen molar-refractivity contribution >= 4 is 34.6 Å². The molecular formula is C28H22FN3O3S. The van der Waals surface area contributed by atoms with Crippen molar-refractivity contribution in [1.82, 2.24) is 4.57 Å². The monoisotopic (exact) mass is 499 g/mol. The smallest absolute Gasteiger partial charge is 0.269 e. The van der Waals surface area contributed by atoms with Gasteiger partial charge in [0.1, 0.15) is 22.3 Å². The number of amides is 1. The Morgan fingerprint density at radius 3 is 2.50 bits per heavy atom. The molecule has 1 N–H and O–H groups in total. The van der Waals surface area contributed by atoms with Gasteiger partial charge in [0.2, 0.25) is 0 Å². The molecule has 1 aromatic heterocycles. The second-order valence-electron chi connectivity index (χ2n) is 7.77. The highest BCUT2D eigenvalue weighted by atomic mass is 32.1. The first-order valence-corrected chi connectivity index (χ1v) is 11.9. The summed E-state index contributed by atoms with van der Waals surface area (Å²) in [6.45, 7) is 0.257. The number of aryl methyl sites for hydroxylation is 1. The molecule has 0 radical (unpaired) electrons. The third-order valence-corrected chi connectivity index (χ3v) is 6.61. The summed E-state index contributed by atoms with van der Waals surface area (Å²) in [6, 6.07) is 24.4. The Morgan fingerprint density at radius 1 is 1.08 bits per heavy atom. The minimum Gasteiger partial charge on any atom is -0.496 e. The minimum atomic E-state index is -0.791. The van der Waals surface area contributed by atoms with Crippen molar-refractivity contribution in [2.75, 3.05) is 12.4 Å². The van der Waals surface area contributed by atoms with Crippen LogP contribution in [-0.2, 0) is 17.8 Å². The lowest BCUT2D eigenvalue weighted by molar-refractivity contribution is -0.111. The van der Waals surface area contributed by atoms with Gasteiger partial charge < -0.3 is 10.1 Å². The van der Waals surface area contributed by atoms with Gasteiger partial charge in [-0.1, -0.05) is 60.7 Å². The number of carbonyl (C=O) groups excluding carboxylic acids is 1. The molecule has 0 bridgehead atoms. The molecule has 0 atom stereocenters. The molecule has 4 aromatic rings. The number of nitrogens with zero attached hydrogens (tertiary/aromatic N) is 2. The summed E-state index contributed by atoms with van der Waals surface area (Å²) in [7, 11) is 1.54. The molecular weight excluding hydrogens is 477 g/mol. The Morgan fingerprint density at radius 2 is 1.78 bits per heavy atom. The number of rotatable bonds is 7. The van der Waals surface area contributed by atoms with Crippen molar-refractivity contribution in [3.8, 4) is 11.8 Å². The van der Waals surface area contributed by atoms with E-state index in [1.165, 1.54) is 22.8 Å². The van der Waals surface area contributed by atoms with Crippen molar-refractivity contribution < 1.29 is 13.9 Å². The first-order valence-electron chi connectivity index (χ1n) is 11.1. The van der Waals surface area contributed by atoms with Gasteiger partial charge in [-0.05, 0) is 36.3 Å². The summed E-state index contributed by atoms with van der Waals surface area (Å²) in [5.74, 6) is -0.827. The van der Waals surface area contributed by atoms with Crippen molar-refractivity contribution in [3.05, 3.63) is 115 Å². The van der Waals surface area contributed by atoms with Crippen molar-refractivity contribution in [1.29, 1.82) is 5.26 Å². The molecule has 0 spiro atoms. The van der Waals surface area contributed by atoms with Crippen LogP contribution in [-0.4, -0.2) is 17.6 Å². The third-order valence-electron chi connectivity index (χ3n) is 5.47. The Hall–Kier alpha value is -4.48. The lowest BCUT2D eigenvalue weighted by Gasteiger charge is -2.06. The van der Waals surface area contributed by atoms with Gasteiger partial charge in [-0.3, -0.25) is 14.2 Å². The molecule has 0 aliphatic carbocycles. The van der Waals surface area contributed by atoms with Gasteiger partial charge in [-0.2, -0.15) is 5.26 Å². The molecule has 0 unspecified atom stereocenters. The number of ether oxygens (including phenoxy) is 1.